The standard InChI is InChI=1S/C10H22O4S/c1-3-6-15(13,14)7-5-10(4-2,8-11)9-12/h11-12H,3-9H2,1-2H3. The topological polar surface area (TPSA) is 74.6 Å². The van der Waals surface area contributed by atoms with E-state index in [9.17, 15) is 8.42 Å². The Balaban J connectivity index is 4.34. The molecule has 0 aliphatic heterocycles. The highest BCUT2D eigenvalue weighted by molar-refractivity contribution is 7.91. The smallest absolute Gasteiger partial charge is 0.150 e. The van der Waals surface area contributed by atoms with Crippen LogP contribution in [-0.4, -0.2) is 43.4 Å². The van der Waals surface area contributed by atoms with E-state index in [2.05, 4.69) is 0 Å². The van der Waals surface area contributed by atoms with Crippen LogP contribution in [0.2, 0.25) is 0 Å². The van der Waals surface area contributed by atoms with E-state index in [1.165, 1.54) is 0 Å². The zero-order valence-electron chi connectivity index (χ0n) is 9.57. The normalized spacial score (nSPS) is 13.1. The molecule has 0 saturated carbocycles. The molecule has 0 aliphatic carbocycles. The summed E-state index contributed by atoms with van der Waals surface area (Å²) in [6.45, 7) is 3.34. The van der Waals surface area contributed by atoms with Gasteiger partial charge in [0.25, 0.3) is 0 Å². The zero-order valence-corrected chi connectivity index (χ0v) is 10.4. The molecule has 0 bridgehead atoms. The molecule has 4 nitrogen and oxygen atoms in total. The molecule has 15 heavy (non-hydrogen) atoms. The predicted molar refractivity (Wildman–Crippen MR) is 60.5 cm³/mol. The van der Waals surface area contributed by atoms with Gasteiger partial charge in [0.15, 0.2) is 0 Å². The van der Waals surface area contributed by atoms with Gasteiger partial charge in [0, 0.05) is 11.2 Å². The maximum absolute atomic E-state index is 11.5. The third kappa shape index (κ3) is 4.95. The minimum absolute atomic E-state index is 0.0514. The number of rotatable bonds is 8. The second kappa shape index (κ2) is 6.45. The van der Waals surface area contributed by atoms with E-state index in [-0.39, 0.29) is 24.7 Å². The fraction of sp³-hybridized carbons (Fsp3) is 1.00. The van der Waals surface area contributed by atoms with Gasteiger partial charge in [0.1, 0.15) is 9.84 Å². The highest BCUT2D eigenvalue weighted by Crippen LogP contribution is 2.25. The number of sulfone groups is 1. The summed E-state index contributed by atoms with van der Waals surface area (Å²) >= 11 is 0. The monoisotopic (exact) mass is 238 g/mol. The first-order chi connectivity index (χ1) is 6.95. The maximum Gasteiger partial charge on any atom is 0.150 e. The Morgan fingerprint density at radius 1 is 1.07 bits per heavy atom. The van der Waals surface area contributed by atoms with Crippen LogP contribution in [0.15, 0.2) is 0 Å². The van der Waals surface area contributed by atoms with E-state index in [0.29, 0.717) is 19.3 Å². The van der Waals surface area contributed by atoms with E-state index in [1.54, 1.807) is 0 Å². The van der Waals surface area contributed by atoms with Gasteiger partial charge in [0.05, 0.1) is 19.0 Å². The van der Waals surface area contributed by atoms with Crippen LogP contribution in [0.1, 0.15) is 33.1 Å². The van der Waals surface area contributed by atoms with Crippen LogP contribution in [0.3, 0.4) is 0 Å². The molecule has 0 amide bonds. The molecule has 0 spiro atoms. The van der Waals surface area contributed by atoms with Crippen LogP contribution in [0.25, 0.3) is 0 Å². The Kier molecular flexibility index (Phi) is 6.40. The van der Waals surface area contributed by atoms with Crippen molar-refractivity contribution in [1.82, 2.24) is 0 Å². The molecule has 0 aromatic heterocycles. The zero-order chi connectivity index (χ0) is 11.9. The summed E-state index contributed by atoms with van der Waals surface area (Å²) in [5, 5.41) is 18.3. The molecule has 5 heteroatoms. The van der Waals surface area contributed by atoms with Gasteiger partial charge in [0.2, 0.25) is 0 Å². The van der Waals surface area contributed by atoms with E-state index in [1.807, 2.05) is 13.8 Å². The van der Waals surface area contributed by atoms with Gasteiger partial charge in [-0.25, -0.2) is 8.42 Å². The summed E-state index contributed by atoms with van der Waals surface area (Å²) in [5.74, 6) is 0.236. The van der Waals surface area contributed by atoms with E-state index in [0.717, 1.165) is 0 Å². The molecule has 0 aromatic carbocycles. The number of aliphatic hydroxyl groups excluding tert-OH is 2. The van der Waals surface area contributed by atoms with Gasteiger partial charge >= 0.3 is 0 Å². The van der Waals surface area contributed by atoms with Crippen molar-refractivity contribution in [2.75, 3.05) is 24.7 Å². The van der Waals surface area contributed by atoms with Gasteiger partial charge in [-0.1, -0.05) is 13.8 Å². The van der Waals surface area contributed by atoms with Gasteiger partial charge < -0.3 is 10.2 Å². The molecule has 0 unspecified atom stereocenters. The van der Waals surface area contributed by atoms with Crippen LogP contribution in [0.4, 0.5) is 0 Å². The first-order valence-electron chi connectivity index (χ1n) is 5.37. The van der Waals surface area contributed by atoms with Crippen molar-refractivity contribution >= 4 is 9.84 Å². The van der Waals surface area contributed by atoms with Gasteiger partial charge in [-0.15, -0.1) is 0 Å². The molecule has 0 rings (SSSR count). The number of hydrogen-bond acceptors (Lipinski definition) is 4. The molecule has 0 saturated heterocycles. The second-order valence-electron chi connectivity index (χ2n) is 4.07. The van der Waals surface area contributed by atoms with E-state index >= 15 is 0 Å². The molecule has 92 valence electrons. The minimum Gasteiger partial charge on any atom is -0.396 e. The lowest BCUT2D eigenvalue weighted by Crippen LogP contribution is -2.32. The Labute approximate surface area is 92.2 Å². The first kappa shape index (κ1) is 14.9. The largest absolute Gasteiger partial charge is 0.396 e. The molecule has 0 fully saturated rings. The number of aliphatic hydroxyl groups is 2. The van der Waals surface area contributed by atoms with Gasteiger partial charge in [-0.2, -0.15) is 0 Å². The molecule has 0 aromatic rings. The summed E-state index contributed by atoms with van der Waals surface area (Å²) in [7, 11) is -3.02. The fourth-order valence-corrected chi connectivity index (χ4v) is 2.96. The SMILES string of the molecule is CCCS(=O)(=O)CCC(CC)(CO)CO. The van der Waals surface area contributed by atoms with Crippen LogP contribution < -0.4 is 0 Å². The van der Waals surface area contributed by atoms with Crippen LogP contribution in [0.5, 0.6) is 0 Å². The molecule has 0 atom stereocenters. The predicted octanol–water partition coefficient (Wildman–Crippen LogP) is 0.582. The van der Waals surface area contributed by atoms with Crippen molar-refractivity contribution in [3.05, 3.63) is 0 Å². The van der Waals surface area contributed by atoms with Gasteiger partial charge in [-0.05, 0) is 19.3 Å². The van der Waals surface area contributed by atoms with Gasteiger partial charge in [-0.3, -0.25) is 0 Å². The van der Waals surface area contributed by atoms with Crippen molar-refractivity contribution < 1.29 is 18.6 Å². The number of hydrogen-bond donors (Lipinski definition) is 2. The quantitative estimate of drug-likeness (QED) is 0.649. The highest BCUT2D eigenvalue weighted by Gasteiger charge is 2.28. The third-order valence-corrected chi connectivity index (χ3v) is 4.74. The van der Waals surface area contributed by atoms with Crippen LogP contribution in [-0.2, 0) is 9.84 Å². The summed E-state index contributed by atoms with van der Waals surface area (Å²) in [6, 6.07) is 0. The fourth-order valence-electron chi connectivity index (χ4n) is 1.39. The van der Waals surface area contributed by atoms with E-state index < -0.39 is 15.3 Å². The Morgan fingerprint density at radius 2 is 1.60 bits per heavy atom. The molecular weight excluding hydrogens is 216 g/mol. The third-order valence-electron chi connectivity index (χ3n) is 2.88. The van der Waals surface area contributed by atoms with Crippen molar-refractivity contribution in [3.8, 4) is 0 Å². The molecular formula is C10H22O4S. The van der Waals surface area contributed by atoms with Crippen molar-refractivity contribution in [1.29, 1.82) is 0 Å². The average molecular weight is 238 g/mol. The Bertz CT molecular complexity index is 246. The lowest BCUT2D eigenvalue weighted by atomic mass is 9.84. The molecule has 0 heterocycles. The lowest BCUT2D eigenvalue weighted by molar-refractivity contribution is 0.0487. The highest BCUT2D eigenvalue weighted by atomic mass is 32.2. The molecule has 2 N–H and O–H groups in total. The lowest BCUT2D eigenvalue weighted by Gasteiger charge is -2.27. The summed E-state index contributed by atoms with van der Waals surface area (Å²) in [5.41, 5.74) is -0.638. The molecule has 0 aliphatic rings. The van der Waals surface area contributed by atoms with Crippen LogP contribution >= 0.6 is 0 Å². The first-order valence-corrected chi connectivity index (χ1v) is 7.19. The van der Waals surface area contributed by atoms with Crippen LogP contribution in [0, 0.1) is 5.41 Å². The Morgan fingerprint density at radius 3 is 1.93 bits per heavy atom. The Hall–Kier alpha value is -0.130. The molecule has 0 radical (unpaired) electrons. The maximum atomic E-state index is 11.5. The summed E-state index contributed by atoms with van der Waals surface area (Å²) in [6.07, 6.45) is 1.53. The van der Waals surface area contributed by atoms with Crippen molar-refractivity contribution in [3.63, 3.8) is 0 Å². The average Bonchev–Trinajstić information content (AvgIpc) is 2.21. The van der Waals surface area contributed by atoms with Crippen molar-refractivity contribution in [2.24, 2.45) is 5.41 Å². The second-order valence-corrected chi connectivity index (χ2v) is 6.38. The summed E-state index contributed by atoms with van der Waals surface area (Å²) in [4.78, 5) is 0. The minimum atomic E-state index is -3.02. The van der Waals surface area contributed by atoms with Crippen molar-refractivity contribution in [2.45, 2.75) is 33.1 Å². The van der Waals surface area contributed by atoms with E-state index in [4.69, 9.17) is 10.2 Å². The summed E-state index contributed by atoms with van der Waals surface area (Å²) < 4.78 is 22.9.